The van der Waals surface area contributed by atoms with Crippen LogP contribution in [0.3, 0.4) is 0 Å². The largest absolute Gasteiger partial charge is 0.309 e. The maximum absolute atomic E-state index is 2.52. The van der Waals surface area contributed by atoms with E-state index in [1.54, 1.807) is 0 Å². The minimum atomic E-state index is -0.222. The SMILES string of the molecule is CC1(C)c2cc(-c3ccccc3)ccc2-c2ccc(-c3c4ccc(-n5c6ccccc6c6ccccc65)cc4c(-c4ccc5ccccc5c4)c4ccc(-n5c6ccccc6c6ccccc65)cc34)cc21. The third-order valence-corrected chi connectivity index (χ3v) is 15.9. The highest BCUT2D eigenvalue weighted by Crippen LogP contribution is 2.53. The summed E-state index contributed by atoms with van der Waals surface area (Å²) in [4.78, 5) is 0. The highest BCUT2D eigenvalue weighted by molar-refractivity contribution is 6.23. The third kappa shape index (κ3) is 5.83. The van der Waals surface area contributed by atoms with Crippen molar-refractivity contribution in [2.75, 3.05) is 0 Å². The first-order valence-corrected chi connectivity index (χ1v) is 24.8. The van der Waals surface area contributed by atoms with E-state index in [1.165, 1.54) is 132 Å². The number of benzene rings is 12. The molecule has 2 heteroatoms. The summed E-state index contributed by atoms with van der Waals surface area (Å²) in [6, 6.07) is 90.8. The van der Waals surface area contributed by atoms with Crippen molar-refractivity contribution in [3.8, 4) is 55.9 Å². The van der Waals surface area contributed by atoms with Crippen LogP contribution in [0.2, 0.25) is 0 Å². The fourth-order valence-corrected chi connectivity index (χ4v) is 12.6. The van der Waals surface area contributed by atoms with Crippen molar-refractivity contribution < 1.29 is 0 Å². The van der Waals surface area contributed by atoms with Crippen molar-refractivity contribution in [3.63, 3.8) is 0 Å². The number of nitrogens with zero attached hydrogens (tertiary/aromatic N) is 2. The predicted molar refractivity (Wildman–Crippen MR) is 302 cm³/mol. The van der Waals surface area contributed by atoms with E-state index in [0.717, 1.165) is 11.4 Å². The zero-order chi connectivity index (χ0) is 47.0. The summed E-state index contributed by atoms with van der Waals surface area (Å²) in [5.74, 6) is 0. The molecular weight excluding hydrogens is 857 g/mol. The Bertz CT molecular complexity index is 4440. The molecule has 0 N–H and O–H groups in total. The van der Waals surface area contributed by atoms with Crippen LogP contribution < -0.4 is 0 Å². The molecular formula is C69H46N2. The maximum Gasteiger partial charge on any atom is 0.0541 e. The summed E-state index contributed by atoms with van der Waals surface area (Å²) in [5.41, 5.74) is 19.6. The monoisotopic (exact) mass is 902 g/mol. The Labute approximate surface area is 411 Å². The zero-order valence-electron chi connectivity index (χ0n) is 39.5. The molecule has 0 saturated carbocycles. The normalized spacial score (nSPS) is 13.0. The maximum atomic E-state index is 2.52. The summed E-state index contributed by atoms with van der Waals surface area (Å²) in [6.07, 6.45) is 0. The van der Waals surface area contributed by atoms with Gasteiger partial charge in [-0.15, -0.1) is 0 Å². The predicted octanol–water partition coefficient (Wildman–Crippen LogP) is 18.6. The van der Waals surface area contributed by atoms with Crippen LogP contribution in [0.4, 0.5) is 0 Å². The number of aromatic nitrogens is 2. The Hall–Kier alpha value is -8.98. The van der Waals surface area contributed by atoms with E-state index in [1.807, 2.05) is 0 Å². The second kappa shape index (κ2) is 15.0. The van der Waals surface area contributed by atoms with Crippen LogP contribution in [-0.4, -0.2) is 9.13 Å². The van der Waals surface area contributed by atoms with Crippen LogP contribution >= 0.6 is 0 Å². The van der Waals surface area contributed by atoms with Crippen LogP contribution in [0, 0.1) is 0 Å². The lowest BCUT2D eigenvalue weighted by molar-refractivity contribution is 0.661. The fourth-order valence-electron chi connectivity index (χ4n) is 12.6. The molecule has 0 fully saturated rings. The highest BCUT2D eigenvalue weighted by Gasteiger charge is 2.36. The van der Waals surface area contributed by atoms with Gasteiger partial charge in [-0.3, -0.25) is 0 Å². The molecule has 14 aromatic rings. The molecule has 0 unspecified atom stereocenters. The number of hydrogen-bond acceptors (Lipinski definition) is 0. The molecule has 15 rings (SSSR count). The van der Waals surface area contributed by atoms with E-state index in [4.69, 9.17) is 0 Å². The topological polar surface area (TPSA) is 9.86 Å². The van der Waals surface area contributed by atoms with Gasteiger partial charge in [0.1, 0.15) is 0 Å². The molecule has 0 bridgehead atoms. The van der Waals surface area contributed by atoms with E-state index < -0.39 is 0 Å². The Morgan fingerprint density at radius 3 is 1.20 bits per heavy atom. The Morgan fingerprint density at radius 1 is 0.268 bits per heavy atom. The second-order valence-electron chi connectivity index (χ2n) is 20.0. The molecule has 0 radical (unpaired) electrons. The molecule has 71 heavy (non-hydrogen) atoms. The summed E-state index contributed by atoms with van der Waals surface area (Å²) in [7, 11) is 0. The number of para-hydroxylation sites is 4. The lowest BCUT2D eigenvalue weighted by Crippen LogP contribution is -2.15. The molecule has 12 aromatic carbocycles. The Balaban J connectivity index is 1.05. The van der Waals surface area contributed by atoms with Gasteiger partial charge in [0.05, 0.1) is 22.1 Å². The van der Waals surface area contributed by atoms with Crippen LogP contribution in [0.5, 0.6) is 0 Å². The fraction of sp³-hybridized carbons (Fsp3) is 0.0435. The van der Waals surface area contributed by atoms with Crippen LogP contribution in [0.1, 0.15) is 25.0 Å². The van der Waals surface area contributed by atoms with Crippen molar-refractivity contribution >= 4 is 75.9 Å². The second-order valence-corrected chi connectivity index (χ2v) is 20.0. The van der Waals surface area contributed by atoms with Gasteiger partial charge in [-0.25, -0.2) is 0 Å². The van der Waals surface area contributed by atoms with Crippen LogP contribution in [0.15, 0.2) is 243 Å². The molecule has 0 aliphatic heterocycles. The number of rotatable bonds is 5. The molecule has 1 aliphatic rings. The minimum Gasteiger partial charge on any atom is -0.309 e. The smallest absolute Gasteiger partial charge is 0.0541 e. The van der Waals surface area contributed by atoms with Gasteiger partial charge in [-0.05, 0) is 155 Å². The molecule has 0 spiro atoms. The van der Waals surface area contributed by atoms with Gasteiger partial charge in [0.15, 0.2) is 0 Å². The summed E-state index contributed by atoms with van der Waals surface area (Å²) >= 11 is 0. The molecule has 2 heterocycles. The number of hydrogen-bond donors (Lipinski definition) is 0. The van der Waals surface area contributed by atoms with Gasteiger partial charge < -0.3 is 9.13 Å². The van der Waals surface area contributed by atoms with Crippen molar-refractivity contribution in [2.24, 2.45) is 0 Å². The van der Waals surface area contributed by atoms with Crippen molar-refractivity contribution in [2.45, 2.75) is 19.3 Å². The molecule has 0 amide bonds. The van der Waals surface area contributed by atoms with Gasteiger partial charge >= 0.3 is 0 Å². The van der Waals surface area contributed by atoms with E-state index in [9.17, 15) is 0 Å². The Morgan fingerprint density at radius 2 is 0.676 bits per heavy atom. The lowest BCUT2D eigenvalue weighted by atomic mass is 9.80. The van der Waals surface area contributed by atoms with Gasteiger partial charge in [0, 0.05) is 38.3 Å². The summed E-state index contributed by atoms with van der Waals surface area (Å²) in [5, 5.41) is 12.4. The zero-order valence-corrected chi connectivity index (χ0v) is 39.5. The standard InChI is InChI=1S/C69H46N2/c1-69(2)61-39-46(43-16-4-3-5-17-43)30-34-51(61)52-35-31-48(40-62(52)69)68-58-37-33-49(70-63-24-12-8-20-53(63)54-21-9-13-25-64(54)70)41-59(58)67(47-29-28-44-18-6-7-19-45(44)38-47)57-36-32-50(42-60(57)68)71-65-26-14-10-22-55(65)56-23-11-15-27-66(56)71/h3-42H,1-2H3. The quantitative estimate of drug-likeness (QED) is 0.152. The molecule has 2 aromatic heterocycles. The number of fused-ring (bicyclic) bond motifs is 12. The van der Waals surface area contributed by atoms with E-state index in [0.29, 0.717) is 0 Å². The van der Waals surface area contributed by atoms with E-state index in [2.05, 4.69) is 266 Å². The van der Waals surface area contributed by atoms with Gasteiger partial charge in [-0.2, -0.15) is 0 Å². The first kappa shape index (κ1) is 40.0. The summed E-state index contributed by atoms with van der Waals surface area (Å²) in [6.45, 7) is 4.82. The summed E-state index contributed by atoms with van der Waals surface area (Å²) < 4.78 is 4.92. The highest BCUT2D eigenvalue weighted by atomic mass is 15.0. The van der Waals surface area contributed by atoms with Gasteiger partial charge in [0.25, 0.3) is 0 Å². The molecule has 1 aliphatic carbocycles. The molecule has 332 valence electrons. The van der Waals surface area contributed by atoms with Crippen molar-refractivity contribution in [3.05, 3.63) is 254 Å². The minimum absolute atomic E-state index is 0.222. The average molecular weight is 903 g/mol. The Kier molecular flexibility index (Phi) is 8.45. The van der Waals surface area contributed by atoms with Crippen LogP contribution in [-0.2, 0) is 5.41 Å². The molecule has 0 saturated heterocycles. The molecule has 0 atom stereocenters. The van der Waals surface area contributed by atoms with Gasteiger partial charge in [-0.1, -0.05) is 190 Å². The van der Waals surface area contributed by atoms with Crippen LogP contribution in [0.25, 0.3) is 132 Å². The lowest BCUT2D eigenvalue weighted by Gasteiger charge is -2.24. The van der Waals surface area contributed by atoms with Crippen molar-refractivity contribution in [1.29, 1.82) is 0 Å². The van der Waals surface area contributed by atoms with E-state index >= 15 is 0 Å². The third-order valence-electron chi connectivity index (χ3n) is 15.9. The van der Waals surface area contributed by atoms with E-state index in [-0.39, 0.29) is 5.41 Å². The van der Waals surface area contributed by atoms with Gasteiger partial charge in [0.2, 0.25) is 0 Å². The first-order chi connectivity index (χ1) is 35.0. The average Bonchev–Trinajstić information content (AvgIpc) is 4.02. The first-order valence-electron chi connectivity index (χ1n) is 24.8. The van der Waals surface area contributed by atoms with Crippen molar-refractivity contribution in [1.82, 2.24) is 9.13 Å². The molecule has 2 nitrogen and oxygen atoms in total.